The highest BCUT2D eigenvalue weighted by atomic mass is 19.1. The Labute approximate surface area is 80.5 Å². The minimum Gasteiger partial charge on any atom is -0.317 e. The molecule has 2 atom stereocenters. The first kappa shape index (κ1) is 10.9. The van der Waals surface area contributed by atoms with Gasteiger partial charge in [-0.1, -0.05) is 0 Å². The summed E-state index contributed by atoms with van der Waals surface area (Å²) in [6.07, 6.45) is 2.87. The third-order valence-electron chi connectivity index (χ3n) is 2.71. The van der Waals surface area contributed by atoms with Crippen molar-refractivity contribution in [3.05, 3.63) is 0 Å². The molecule has 1 heterocycles. The molecule has 1 fully saturated rings. The van der Waals surface area contributed by atoms with Gasteiger partial charge in [0.1, 0.15) is 6.17 Å². The van der Waals surface area contributed by atoms with Crippen molar-refractivity contribution in [2.75, 3.05) is 26.7 Å². The highest BCUT2D eigenvalue weighted by molar-refractivity contribution is 4.74. The molecule has 0 saturated carbocycles. The molecule has 78 valence electrons. The van der Waals surface area contributed by atoms with Crippen LogP contribution in [0.25, 0.3) is 0 Å². The molecule has 0 bridgehead atoms. The third kappa shape index (κ3) is 4.05. The second-order valence-electron chi connectivity index (χ2n) is 4.06. The minimum absolute atomic E-state index is 0.574. The Morgan fingerprint density at radius 1 is 1.46 bits per heavy atom. The van der Waals surface area contributed by atoms with Crippen LogP contribution in [-0.4, -0.2) is 43.8 Å². The van der Waals surface area contributed by atoms with Gasteiger partial charge in [0, 0.05) is 12.6 Å². The van der Waals surface area contributed by atoms with Crippen molar-refractivity contribution in [1.29, 1.82) is 0 Å². The molecule has 2 unspecified atom stereocenters. The monoisotopic (exact) mass is 188 g/mol. The van der Waals surface area contributed by atoms with Crippen molar-refractivity contribution in [1.82, 2.24) is 10.2 Å². The number of nitrogens with one attached hydrogen (secondary N) is 1. The van der Waals surface area contributed by atoms with Gasteiger partial charge in [0.2, 0.25) is 0 Å². The number of alkyl halides is 1. The Morgan fingerprint density at radius 2 is 2.23 bits per heavy atom. The van der Waals surface area contributed by atoms with Gasteiger partial charge in [0.25, 0.3) is 0 Å². The van der Waals surface area contributed by atoms with E-state index in [1.165, 1.54) is 12.8 Å². The summed E-state index contributed by atoms with van der Waals surface area (Å²) in [5.41, 5.74) is 0. The third-order valence-corrected chi connectivity index (χ3v) is 2.71. The van der Waals surface area contributed by atoms with Gasteiger partial charge < -0.3 is 10.2 Å². The maximum Gasteiger partial charge on any atom is 0.110 e. The fourth-order valence-electron chi connectivity index (χ4n) is 1.99. The van der Waals surface area contributed by atoms with E-state index in [2.05, 4.69) is 10.2 Å². The largest absolute Gasteiger partial charge is 0.317 e. The van der Waals surface area contributed by atoms with Gasteiger partial charge in [-0.15, -0.1) is 0 Å². The van der Waals surface area contributed by atoms with Crippen molar-refractivity contribution in [3.63, 3.8) is 0 Å². The Kier molecular flexibility index (Phi) is 4.67. The normalized spacial score (nSPS) is 27.2. The van der Waals surface area contributed by atoms with Crippen LogP contribution in [0.2, 0.25) is 0 Å². The van der Waals surface area contributed by atoms with Gasteiger partial charge in [0.15, 0.2) is 0 Å². The Bertz CT molecular complexity index is 131. The van der Waals surface area contributed by atoms with E-state index >= 15 is 0 Å². The molecule has 3 heteroatoms. The molecule has 0 aromatic rings. The SMILES string of the molecule is CC(F)CN(C)C1CCCNCC1. The van der Waals surface area contributed by atoms with Gasteiger partial charge in [-0.05, 0) is 46.3 Å². The van der Waals surface area contributed by atoms with Crippen LogP contribution in [0, 0.1) is 0 Å². The van der Waals surface area contributed by atoms with Gasteiger partial charge in [0.05, 0.1) is 0 Å². The van der Waals surface area contributed by atoms with Crippen molar-refractivity contribution in [2.24, 2.45) is 0 Å². The Hall–Kier alpha value is -0.150. The van der Waals surface area contributed by atoms with E-state index in [-0.39, 0.29) is 0 Å². The molecular formula is C10H21FN2. The molecule has 0 amide bonds. The molecule has 1 rings (SSSR count). The van der Waals surface area contributed by atoms with Crippen molar-refractivity contribution in [3.8, 4) is 0 Å². The lowest BCUT2D eigenvalue weighted by Gasteiger charge is -2.27. The summed E-state index contributed by atoms with van der Waals surface area (Å²) >= 11 is 0. The van der Waals surface area contributed by atoms with Crippen molar-refractivity contribution >= 4 is 0 Å². The van der Waals surface area contributed by atoms with Crippen LogP contribution >= 0.6 is 0 Å². The van der Waals surface area contributed by atoms with E-state index in [0.717, 1.165) is 19.5 Å². The highest BCUT2D eigenvalue weighted by Gasteiger charge is 2.17. The van der Waals surface area contributed by atoms with E-state index < -0.39 is 6.17 Å². The second kappa shape index (κ2) is 5.55. The maximum atomic E-state index is 12.8. The second-order valence-corrected chi connectivity index (χ2v) is 4.06. The van der Waals surface area contributed by atoms with Gasteiger partial charge in [-0.3, -0.25) is 0 Å². The van der Waals surface area contributed by atoms with E-state index in [1.807, 2.05) is 7.05 Å². The number of rotatable bonds is 3. The summed E-state index contributed by atoms with van der Waals surface area (Å²) in [5.74, 6) is 0. The summed E-state index contributed by atoms with van der Waals surface area (Å²) in [6, 6.07) is 0.577. The number of hydrogen-bond donors (Lipinski definition) is 1. The number of hydrogen-bond acceptors (Lipinski definition) is 2. The smallest absolute Gasteiger partial charge is 0.110 e. The summed E-state index contributed by atoms with van der Waals surface area (Å²) < 4.78 is 12.8. The molecule has 0 aromatic carbocycles. The maximum absolute atomic E-state index is 12.8. The molecule has 1 saturated heterocycles. The highest BCUT2D eigenvalue weighted by Crippen LogP contribution is 2.12. The zero-order chi connectivity index (χ0) is 9.68. The lowest BCUT2D eigenvalue weighted by molar-refractivity contribution is 0.172. The molecule has 0 radical (unpaired) electrons. The minimum atomic E-state index is -0.707. The molecule has 0 aromatic heterocycles. The zero-order valence-electron chi connectivity index (χ0n) is 8.72. The molecule has 13 heavy (non-hydrogen) atoms. The van der Waals surface area contributed by atoms with Gasteiger partial charge >= 0.3 is 0 Å². The number of nitrogens with zero attached hydrogens (tertiary/aromatic N) is 1. The van der Waals surface area contributed by atoms with Gasteiger partial charge in [-0.25, -0.2) is 4.39 Å². The zero-order valence-corrected chi connectivity index (χ0v) is 8.72. The van der Waals surface area contributed by atoms with E-state index in [1.54, 1.807) is 6.92 Å². The van der Waals surface area contributed by atoms with Crippen LogP contribution in [0.1, 0.15) is 26.2 Å². The van der Waals surface area contributed by atoms with E-state index in [4.69, 9.17) is 0 Å². The molecule has 1 aliphatic rings. The summed E-state index contributed by atoms with van der Waals surface area (Å²) in [5, 5.41) is 3.36. The average Bonchev–Trinajstić information content (AvgIpc) is 2.29. The van der Waals surface area contributed by atoms with Crippen LogP contribution in [-0.2, 0) is 0 Å². The standard InChI is InChI=1S/C10H21FN2/c1-9(11)8-13(2)10-4-3-6-12-7-5-10/h9-10,12H,3-8H2,1-2H3. The van der Waals surface area contributed by atoms with Crippen LogP contribution in [0.4, 0.5) is 4.39 Å². The topological polar surface area (TPSA) is 15.3 Å². The molecule has 1 N–H and O–H groups in total. The predicted molar refractivity (Wildman–Crippen MR) is 53.7 cm³/mol. The Balaban J connectivity index is 2.30. The molecule has 0 aliphatic carbocycles. The lowest BCUT2D eigenvalue weighted by Crippen LogP contribution is -2.36. The van der Waals surface area contributed by atoms with Crippen molar-refractivity contribution in [2.45, 2.75) is 38.4 Å². The number of halogens is 1. The fraction of sp³-hybridized carbons (Fsp3) is 1.00. The molecule has 1 aliphatic heterocycles. The molecule has 2 nitrogen and oxygen atoms in total. The van der Waals surface area contributed by atoms with Crippen LogP contribution in [0.3, 0.4) is 0 Å². The van der Waals surface area contributed by atoms with Crippen molar-refractivity contribution < 1.29 is 4.39 Å². The predicted octanol–water partition coefficient (Wildman–Crippen LogP) is 1.42. The summed E-state index contributed by atoms with van der Waals surface area (Å²) in [4.78, 5) is 2.16. The van der Waals surface area contributed by atoms with Crippen LogP contribution in [0.5, 0.6) is 0 Å². The average molecular weight is 188 g/mol. The van der Waals surface area contributed by atoms with E-state index in [9.17, 15) is 4.39 Å². The lowest BCUT2D eigenvalue weighted by atomic mass is 10.1. The van der Waals surface area contributed by atoms with Crippen LogP contribution in [0.15, 0.2) is 0 Å². The first-order chi connectivity index (χ1) is 6.20. The summed E-state index contributed by atoms with van der Waals surface area (Å²) in [6.45, 7) is 4.40. The van der Waals surface area contributed by atoms with Crippen LogP contribution < -0.4 is 5.32 Å². The van der Waals surface area contributed by atoms with E-state index in [0.29, 0.717) is 12.6 Å². The fourth-order valence-corrected chi connectivity index (χ4v) is 1.99. The Morgan fingerprint density at radius 3 is 2.92 bits per heavy atom. The quantitative estimate of drug-likeness (QED) is 0.720. The molecule has 0 spiro atoms. The molecular weight excluding hydrogens is 167 g/mol. The van der Waals surface area contributed by atoms with Gasteiger partial charge in [-0.2, -0.15) is 0 Å². The first-order valence-corrected chi connectivity index (χ1v) is 5.25. The first-order valence-electron chi connectivity index (χ1n) is 5.25. The summed E-state index contributed by atoms with van der Waals surface area (Å²) in [7, 11) is 2.03.